The molecule has 0 saturated heterocycles. The van der Waals surface area contributed by atoms with E-state index in [1.165, 1.54) is 38.8 Å². The van der Waals surface area contributed by atoms with Crippen LogP contribution < -0.4 is 10.2 Å². The van der Waals surface area contributed by atoms with Crippen LogP contribution in [0.5, 0.6) is 0 Å². The average molecular weight is 232 g/mol. The van der Waals surface area contributed by atoms with Crippen LogP contribution in [-0.2, 0) is 0 Å². The molecule has 2 aliphatic rings. The number of aromatic nitrogens is 2. The second-order valence-corrected chi connectivity index (χ2v) is 5.30. The number of nitrogens with one attached hydrogen (secondary N) is 1. The Morgan fingerprint density at radius 2 is 1.82 bits per heavy atom. The van der Waals surface area contributed by atoms with E-state index < -0.39 is 0 Å². The summed E-state index contributed by atoms with van der Waals surface area (Å²) in [5.74, 6) is 3.69. The van der Waals surface area contributed by atoms with Crippen LogP contribution >= 0.6 is 0 Å². The summed E-state index contributed by atoms with van der Waals surface area (Å²) in [5.41, 5.74) is 0. The normalized spacial score (nSPS) is 19.1. The van der Waals surface area contributed by atoms with Gasteiger partial charge in [0.15, 0.2) is 0 Å². The summed E-state index contributed by atoms with van der Waals surface area (Å²) in [6, 6.07) is 0. The molecule has 0 spiro atoms. The van der Waals surface area contributed by atoms with E-state index in [1.807, 2.05) is 13.2 Å². The molecule has 0 aliphatic heterocycles. The van der Waals surface area contributed by atoms with Gasteiger partial charge in [0.2, 0.25) is 0 Å². The summed E-state index contributed by atoms with van der Waals surface area (Å²) in [6.07, 6.45) is 9.22. The molecule has 0 radical (unpaired) electrons. The number of anilines is 2. The van der Waals surface area contributed by atoms with E-state index >= 15 is 0 Å². The van der Waals surface area contributed by atoms with Crippen molar-refractivity contribution in [2.24, 2.45) is 11.8 Å². The third-order valence-electron chi connectivity index (χ3n) is 3.55. The lowest BCUT2D eigenvalue weighted by Gasteiger charge is -2.23. The van der Waals surface area contributed by atoms with Crippen molar-refractivity contribution >= 4 is 11.6 Å². The number of rotatable bonds is 6. The highest BCUT2D eigenvalue weighted by molar-refractivity contribution is 5.43. The molecule has 0 bridgehead atoms. The Balaban J connectivity index is 1.73. The van der Waals surface area contributed by atoms with Crippen molar-refractivity contribution < 1.29 is 0 Å². The van der Waals surface area contributed by atoms with Gasteiger partial charge in [-0.05, 0) is 37.5 Å². The third kappa shape index (κ3) is 2.87. The average Bonchev–Trinajstić information content (AvgIpc) is 3.23. The lowest BCUT2D eigenvalue weighted by Crippen LogP contribution is -2.29. The van der Waals surface area contributed by atoms with Gasteiger partial charge in [-0.1, -0.05) is 0 Å². The Morgan fingerprint density at radius 1 is 1.18 bits per heavy atom. The highest BCUT2D eigenvalue weighted by atomic mass is 15.2. The first-order valence-electron chi connectivity index (χ1n) is 6.60. The maximum absolute atomic E-state index is 4.61. The van der Waals surface area contributed by atoms with Crippen molar-refractivity contribution in [1.29, 1.82) is 0 Å². The number of hydrogen-bond acceptors (Lipinski definition) is 4. The summed E-state index contributed by atoms with van der Waals surface area (Å²) in [5, 5.41) is 3.06. The van der Waals surface area contributed by atoms with Gasteiger partial charge < -0.3 is 10.2 Å². The molecule has 92 valence electrons. The van der Waals surface area contributed by atoms with Crippen LogP contribution in [0.4, 0.5) is 11.6 Å². The monoisotopic (exact) mass is 232 g/mol. The zero-order valence-electron chi connectivity index (χ0n) is 10.4. The van der Waals surface area contributed by atoms with Gasteiger partial charge in [-0.2, -0.15) is 0 Å². The SMILES string of the molecule is CNc1cncc(N(CC2CC2)CC2CC2)n1. The van der Waals surface area contributed by atoms with Crippen molar-refractivity contribution in [3.05, 3.63) is 12.4 Å². The highest BCUT2D eigenvalue weighted by Gasteiger charge is 2.29. The molecule has 3 rings (SSSR count). The highest BCUT2D eigenvalue weighted by Crippen LogP contribution is 2.35. The fourth-order valence-electron chi connectivity index (χ4n) is 2.11. The van der Waals surface area contributed by atoms with Crippen LogP contribution in [0, 0.1) is 11.8 Å². The summed E-state index contributed by atoms with van der Waals surface area (Å²) in [4.78, 5) is 11.3. The molecule has 1 aromatic heterocycles. The van der Waals surface area contributed by atoms with E-state index in [2.05, 4.69) is 20.2 Å². The maximum atomic E-state index is 4.61. The first-order valence-corrected chi connectivity index (χ1v) is 6.60. The zero-order valence-corrected chi connectivity index (χ0v) is 10.4. The molecule has 4 nitrogen and oxygen atoms in total. The maximum Gasteiger partial charge on any atom is 0.149 e. The number of nitrogens with zero attached hydrogens (tertiary/aromatic N) is 3. The first kappa shape index (κ1) is 10.8. The van der Waals surface area contributed by atoms with Gasteiger partial charge in [0, 0.05) is 20.1 Å². The van der Waals surface area contributed by atoms with E-state index in [4.69, 9.17) is 0 Å². The molecule has 0 amide bonds. The van der Waals surface area contributed by atoms with E-state index in [0.29, 0.717) is 0 Å². The molecule has 0 unspecified atom stereocenters. The summed E-state index contributed by atoms with van der Waals surface area (Å²) in [6.45, 7) is 2.33. The fraction of sp³-hybridized carbons (Fsp3) is 0.692. The predicted octanol–water partition coefficient (Wildman–Crippen LogP) is 2.14. The van der Waals surface area contributed by atoms with E-state index in [-0.39, 0.29) is 0 Å². The lowest BCUT2D eigenvalue weighted by molar-refractivity contribution is 0.670. The van der Waals surface area contributed by atoms with Crippen LogP contribution in [0.1, 0.15) is 25.7 Å². The van der Waals surface area contributed by atoms with E-state index in [1.54, 1.807) is 6.20 Å². The quantitative estimate of drug-likeness (QED) is 0.816. The van der Waals surface area contributed by atoms with Crippen LogP contribution in [0.15, 0.2) is 12.4 Å². The Bertz CT molecular complexity index is 371. The van der Waals surface area contributed by atoms with Gasteiger partial charge in [0.1, 0.15) is 11.6 Å². The second kappa shape index (κ2) is 4.51. The number of hydrogen-bond donors (Lipinski definition) is 1. The fourth-order valence-corrected chi connectivity index (χ4v) is 2.11. The zero-order chi connectivity index (χ0) is 11.7. The third-order valence-corrected chi connectivity index (χ3v) is 3.55. The van der Waals surface area contributed by atoms with Crippen molar-refractivity contribution in [1.82, 2.24) is 9.97 Å². The van der Waals surface area contributed by atoms with E-state index in [9.17, 15) is 0 Å². The Hall–Kier alpha value is -1.32. The molecule has 0 aromatic carbocycles. The van der Waals surface area contributed by atoms with Gasteiger partial charge in [0.05, 0.1) is 12.4 Å². The summed E-state index contributed by atoms with van der Waals surface area (Å²) < 4.78 is 0. The van der Waals surface area contributed by atoms with Crippen LogP contribution in [0.3, 0.4) is 0 Å². The van der Waals surface area contributed by atoms with Gasteiger partial charge in [-0.3, -0.25) is 4.98 Å². The largest absolute Gasteiger partial charge is 0.372 e. The van der Waals surface area contributed by atoms with Crippen LogP contribution in [-0.4, -0.2) is 30.1 Å². The molecule has 2 fully saturated rings. The molecule has 1 aromatic rings. The second-order valence-electron chi connectivity index (χ2n) is 5.30. The molecular formula is C13H20N4. The van der Waals surface area contributed by atoms with Crippen molar-refractivity contribution in [3.8, 4) is 0 Å². The molecule has 2 saturated carbocycles. The Morgan fingerprint density at radius 3 is 2.35 bits per heavy atom. The Kier molecular flexibility index (Phi) is 2.87. The van der Waals surface area contributed by atoms with Gasteiger partial charge in [-0.25, -0.2) is 4.98 Å². The molecule has 4 heteroatoms. The molecule has 2 aliphatic carbocycles. The standard InChI is InChI=1S/C13H20N4/c1-14-12-6-15-7-13(16-12)17(8-10-2-3-10)9-11-4-5-11/h6-7,10-11H,2-5,8-9H2,1H3,(H,14,16). The minimum Gasteiger partial charge on any atom is -0.372 e. The Labute approximate surface area is 102 Å². The lowest BCUT2D eigenvalue weighted by atomic mass is 10.3. The molecular weight excluding hydrogens is 212 g/mol. The van der Waals surface area contributed by atoms with Gasteiger partial charge >= 0.3 is 0 Å². The van der Waals surface area contributed by atoms with Crippen molar-refractivity contribution in [2.45, 2.75) is 25.7 Å². The summed E-state index contributed by atoms with van der Waals surface area (Å²) >= 11 is 0. The van der Waals surface area contributed by atoms with E-state index in [0.717, 1.165) is 23.5 Å². The first-order chi connectivity index (χ1) is 8.35. The smallest absolute Gasteiger partial charge is 0.149 e. The van der Waals surface area contributed by atoms with Crippen molar-refractivity contribution in [2.75, 3.05) is 30.4 Å². The van der Waals surface area contributed by atoms with Gasteiger partial charge in [-0.15, -0.1) is 0 Å². The van der Waals surface area contributed by atoms with Crippen LogP contribution in [0.2, 0.25) is 0 Å². The van der Waals surface area contributed by atoms with Crippen LogP contribution in [0.25, 0.3) is 0 Å². The minimum atomic E-state index is 0.860. The molecule has 0 atom stereocenters. The topological polar surface area (TPSA) is 41.1 Å². The van der Waals surface area contributed by atoms with Gasteiger partial charge in [0.25, 0.3) is 0 Å². The molecule has 17 heavy (non-hydrogen) atoms. The minimum absolute atomic E-state index is 0.860. The van der Waals surface area contributed by atoms with Crippen molar-refractivity contribution in [3.63, 3.8) is 0 Å². The summed E-state index contributed by atoms with van der Waals surface area (Å²) in [7, 11) is 1.89. The molecule has 1 heterocycles. The predicted molar refractivity (Wildman–Crippen MR) is 69.2 cm³/mol. The molecule has 1 N–H and O–H groups in total.